The number of piperidine rings is 1. The van der Waals surface area contributed by atoms with Gasteiger partial charge in [0, 0.05) is 23.9 Å². The number of rotatable bonds is 9. The maximum absolute atomic E-state index is 13.2. The highest BCUT2D eigenvalue weighted by Crippen LogP contribution is 2.49. The summed E-state index contributed by atoms with van der Waals surface area (Å²) >= 11 is 0. The Morgan fingerprint density at radius 3 is 1.93 bits per heavy atom. The molecule has 0 aliphatic carbocycles. The topological polar surface area (TPSA) is 61.8 Å². The summed E-state index contributed by atoms with van der Waals surface area (Å²) in [4.78, 5) is 13.2. The molecule has 27 heavy (non-hydrogen) atoms. The van der Waals surface area contributed by atoms with E-state index < -0.39 is 22.4 Å². The number of hydroxylamine groups is 2. The van der Waals surface area contributed by atoms with Crippen LogP contribution in [-0.4, -0.2) is 38.6 Å². The van der Waals surface area contributed by atoms with Gasteiger partial charge in [-0.3, -0.25) is 4.79 Å². The normalized spacial score (nSPS) is 29.2. The molecular weight excluding hydrogens is 340 g/mol. The van der Waals surface area contributed by atoms with Crippen molar-refractivity contribution >= 4 is 5.91 Å². The van der Waals surface area contributed by atoms with Gasteiger partial charge in [0.1, 0.15) is 5.72 Å². The molecule has 5 nitrogen and oxygen atoms in total. The van der Waals surface area contributed by atoms with Crippen molar-refractivity contribution in [3.63, 3.8) is 0 Å². The summed E-state index contributed by atoms with van der Waals surface area (Å²) < 4.78 is 6.74. The van der Waals surface area contributed by atoms with E-state index in [1.807, 2.05) is 27.7 Å². The van der Waals surface area contributed by atoms with Crippen LogP contribution in [0, 0.1) is 0 Å². The number of hydrogen-bond donors (Lipinski definition) is 2. The molecule has 1 spiro atoms. The Bertz CT molecular complexity index is 500. The van der Waals surface area contributed by atoms with E-state index in [2.05, 4.69) is 19.2 Å². The van der Waals surface area contributed by atoms with Gasteiger partial charge >= 0.3 is 0 Å². The molecule has 0 aromatic rings. The molecule has 0 aromatic heterocycles. The lowest BCUT2D eigenvalue weighted by Gasteiger charge is -2.54. The molecule has 2 aliphatic heterocycles. The number of nitrogens with zero attached hydrogens (tertiary/aromatic N) is 1. The van der Waals surface area contributed by atoms with E-state index in [9.17, 15) is 10.0 Å². The third-order valence-electron chi connectivity index (χ3n) is 6.35. The van der Waals surface area contributed by atoms with Crippen molar-refractivity contribution in [2.24, 2.45) is 0 Å². The van der Waals surface area contributed by atoms with Crippen molar-refractivity contribution < 1.29 is 14.7 Å². The second-order valence-electron chi connectivity index (χ2n) is 10.1. The van der Waals surface area contributed by atoms with Gasteiger partial charge in [0.15, 0.2) is 5.60 Å². The minimum atomic E-state index is -0.844. The van der Waals surface area contributed by atoms with Crippen LogP contribution < -0.4 is 5.32 Å². The lowest BCUT2D eigenvalue weighted by atomic mass is 9.72. The first kappa shape index (κ1) is 22.6. The molecule has 2 rings (SSSR count). The zero-order valence-electron chi connectivity index (χ0n) is 18.5. The molecule has 0 bridgehead atoms. The summed E-state index contributed by atoms with van der Waals surface area (Å²) in [6, 6.07) is 0. The van der Waals surface area contributed by atoms with Crippen LogP contribution in [0.15, 0.2) is 0 Å². The first-order valence-corrected chi connectivity index (χ1v) is 11.0. The van der Waals surface area contributed by atoms with Gasteiger partial charge in [-0.05, 0) is 53.4 Å². The highest BCUT2D eigenvalue weighted by molar-refractivity contribution is 5.88. The first-order valence-electron chi connectivity index (χ1n) is 11.0. The molecule has 1 amide bonds. The number of ether oxygens (including phenoxy) is 1. The van der Waals surface area contributed by atoms with Gasteiger partial charge in [-0.1, -0.05) is 46.0 Å². The predicted octanol–water partition coefficient (Wildman–Crippen LogP) is 5.16. The third kappa shape index (κ3) is 4.86. The van der Waals surface area contributed by atoms with E-state index in [0.717, 1.165) is 38.5 Å². The summed E-state index contributed by atoms with van der Waals surface area (Å²) in [5, 5.41) is 15.4. The average molecular weight is 383 g/mol. The summed E-state index contributed by atoms with van der Waals surface area (Å²) in [7, 11) is 0. The second-order valence-corrected chi connectivity index (χ2v) is 10.1. The lowest BCUT2D eigenvalue weighted by Crippen LogP contribution is -2.66. The van der Waals surface area contributed by atoms with E-state index in [1.165, 1.54) is 24.3 Å². The highest BCUT2D eigenvalue weighted by Gasteiger charge is 2.63. The van der Waals surface area contributed by atoms with Crippen LogP contribution in [-0.2, 0) is 9.53 Å². The Kier molecular flexibility index (Phi) is 7.03. The van der Waals surface area contributed by atoms with E-state index in [-0.39, 0.29) is 5.91 Å². The minimum absolute atomic E-state index is 0.0174. The Morgan fingerprint density at radius 2 is 1.41 bits per heavy atom. The predicted molar refractivity (Wildman–Crippen MR) is 109 cm³/mol. The zero-order valence-corrected chi connectivity index (χ0v) is 18.5. The van der Waals surface area contributed by atoms with Gasteiger partial charge in [0.25, 0.3) is 5.91 Å². The van der Waals surface area contributed by atoms with Crippen LogP contribution in [0.2, 0.25) is 0 Å². The monoisotopic (exact) mass is 382 g/mol. The number of unbranched alkanes of at least 4 members (excludes halogenated alkanes) is 5. The number of nitrogens with one attached hydrogen (secondary N) is 1. The standard InChI is InChI=1S/C22H42N2O3/c1-7-9-11-13-15-22(14-12-10-8-2)23-18(25)21(27-22)16-19(3,4)24(26)20(5,6)17-21/h26H,7-17H2,1-6H3,(H,23,25). The van der Waals surface area contributed by atoms with Crippen LogP contribution in [0.5, 0.6) is 0 Å². The van der Waals surface area contributed by atoms with Crippen molar-refractivity contribution in [3.8, 4) is 0 Å². The summed E-state index contributed by atoms with van der Waals surface area (Å²) in [5.74, 6) is 0.0174. The maximum atomic E-state index is 13.2. The van der Waals surface area contributed by atoms with Gasteiger partial charge in [-0.25, -0.2) is 0 Å². The maximum Gasteiger partial charge on any atom is 0.254 e. The van der Waals surface area contributed by atoms with Gasteiger partial charge in [0.2, 0.25) is 0 Å². The molecule has 2 aliphatic rings. The first-order chi connectivity index (χ1) is 12.5. The number of hydrogen-bond acceptors (Lipinski definition) is 4. The lowest BCUT2D eigenvalue weighted by molar-refractivity contribution is -0.282. The molecule has 0 radical (unpaired) electrons. The van der Waals surface area contributed by atoms with Crippen LogP contribution in [0.25, 0.3) is 0 Å². The van der Waals surface area contributed by atoms with Crippen LogP contribution in [0.3, 0.4) is 0 Å². The number of carbonyl (C=O) groups excluding carboxylic acids is 1. The second kappa shape index (κ2) is 8.38. The molecule has 0 aromatic carbocycles. The van der Waals surface area contributed by atoms with Gasteiger partial charge in [0.05, 0.1) is 0 Å². The molecule has 2 heterocycles. The summed E-state index contributed by atoms with van der Waals surface area (Å²) in [6.07, 6.45) is 10.9. The molecular formula is C22H42N2O3. The fourth-order valence-corrected chi connectivity index (χ4v) is 5.28. The Balaban J connectivity index is 2.22. The van der Waals surface area contributed by atoms with Gasteiger partial charge < -0.3 is 15.3 Å². The SMILES string of the molecule is CCCCCCC1(CCCCC)NC(=O)C2(CC(C)(C)N(O)C(C)(C)C2)O1. The Labute approximate surface area is 166 Å². The van der Waals surface area contributed by atoms with Crippen molar-refractivity contribution in [1.29, 1.82) is 0 Å². The van der Waals surface area contributed by atoms with Crippen molar-refractivity contribution in [2.45, 2.75) is 135 Å². The zero-order chi connectivity index (χ0) is 20.3. The van der Waals surface area contributed by atoms with Gasteiger partial charge in [-0.2, -0.15) is 5.06 Å². The largest absolute Gasteiger partial charge is 0.339 e. The van der Waals surface area contributed by atoms with E-state index in [4.69, 9.17) is 4.74 Å². The Morgan fingerprint density at radius 1 is 0.926 bits per heavy atom. The highest BCUT2D eigenvalue weighted by atomic mass is 16.6. The van der Waals surface area contributed by atoms with Crippen LogP contribution >= 0.6 is 0 Å². The summed E-state index contributed by atoms with van der Waals surface area (Å²) in [5.41, 5.74) is -2.41. The third-order valence-corrected chi connectivity index (χ3v) is 6.35. The smallest absolute Gasteiger partial charge is 0.254 e. The molecule has 5 heteroatoms. The quantitative estimate of drug-likeness (QED) is 0.541. The Hall–Kier alpha value is -0.650. The van der Waals surface area contributed by atoms with Crippen molar-refractivity contribution in [1.82, 2.24) is 10.4 Å². The minimum Gasteiger partial charge on any atom is -0.339 e. The van der Waals surface area contributed by atoms with E-state index >= 15 is 0 Å². The van der Waals surface area contributed by atoms with Crippen molar-refractivity contribution in [3.05, 3.63) is 0 Å². The number of carbonyl (C=O) groups is 1. The van der Waals surface area contributed by atoms with Crippen molar-refractivity contribution in [2.75, 3.05) is 0 Å². The molecule has 2 saturated heterocycles. The fraction of sp³-hybridized carbons (Fsp3) is 0.955. The average Bonchev–Trinajstić information content (AvgIpc) is 2.81. The summed E-state index contributed by atoms with van der Waals surface area (Å²) in [6.45, 7) is 12.4. The van der Waals surface area contributed by atoms with E-state index in [0.29, 0.717) is 12.8 Å². The number of amides is 1. The van der Waals surface area contributed by atoms with Crippen LogP contribution in [0.4, 0.5) is 0 Å². The van der Waals surface area contributed by atoms with E-state index in [1.54, 1.807) is 0 Å². The van der Waals surface area contributed by atoms with Gasteiger partial charge in [-0.15, -0.1) is 0 Å². The molecule has 158 valence electrons. The molecule has 1 atom stereocenters. The molecule has 2 fully saturated rings. The molecule has 0 saturated carbocycles. The van der Waals surface area contributed by atoms with Crippen LogP contribution in [0.1, 0.15) is 112 Å². The molecule has 1 unspecified atom stereocenters. The molecule has 2 N–H and O–H groups in total. The fourth-order valence-electron chi connectivity index (χ4n) is 5.28.